The lowest BCUT2D eigenvalue weighted by Gasteiger charge is -2.45. The van der Waals surface area contributed by atoms with Crippen LogP contribution in [0.15, 0.2) is 0 Å². The molecule has 0 bridgehead atoms. The zero-order chi connectivity index (χ0) is 21.9. The van der Waals surface area contributed by atoms with Gasteiger partial charge >= 0.3 is 11.9 Å². The van der Waals surface area contributed by atoms with E-state index in [0.29, 0.717) is 0 Å². The molecule has 2 aliphatic rings. The second kappa shape index (κ2) is 10.1. The first-order valence-corrected chi connectivity index (χ1v) is 9.01. The Hall–Kier alpha value is -1.42. The minimum absolute atomic E-state index is 0.0222. The Kier molecular flexibility index (Phi) is 8.28. The lowest BCUT2D eigenvalue weighted by atomic mass is 9.96. The van der Waals surface area contributed by atoms with Gasteiger partial charge in [0.2, 0.25) is 0 Å². The molecule has 0 aromatic rings. The van der Waals surface area contributed by atoms with Crippen molar-refractivity contribution in [3.05, 3.63) is 0 Å². The lowest BCUT2D eigenvalue weighted by molar-refractivity contribution is -0.352. The predicted molar refractivity (Wildman–Crippen MR) is 88.5 cm³/mol. The molecule has 6 N–H and O–H groups in total. The number of rotatable bonds is 8. The van der Waals surface area contributed by atoms with Crippen LogP contribution in [0.5, 0.6) is 0 Å². The molecule has 2 aliphatic heterocycles. The summed E-state index contributed by atoms with van der Waals surface area (Å²) in [6.07, 6.45) is -17.2. The normalized spacial score (nSPS) is 43.1. The Morgan fingerprint density at radius 1 is 0.724 bits per heavy atom. The van der Waals surface area contributed by atoms with Crippen molar-refractivity contribution in [1.29, 1.82) is 0 Å². The average Bonchev–Trinajstić information content (AvgIpc) is 2.66. The van der Waals surface area contributed by atoms with Gasteiger partial charge in [-0.1, -0.05) is 0 Å². The molecule has 2 fully saturated rings. The zero-order valence-electron chi connectivity index (χ0n) is 15.7. The highest BCUT2D eigenvalue weighted by atomic mass is 16.7. The van der Waals surface area contributed by atoms with E-state index in [0.717, 1.165) is 0 Å². The van der Waals surface area contributed by atoms with Crippen LogP contribution in [-0.4, -0.2) is 117 Å². The summed E-state index contributed by atoms with van der Waals surface area (Å²) in [5.41, 5.74) is 0. The van der Waals surface area contributed by atoms with E-state index in [-0.39, 0.29) is 13.2 Å². The van der Waals surface area contributed by atoms with E-state index in [1.54, 1.807) is 13.8 Å². The number of aliphatic hydroxyl groups excluding tert-OH is 4. The van der Waals surface area contributed by atoms with Crippen molar-refractivity contribution in [1.82, 2.24) is 0 Å². The van der Waals surface area contributed by atoms with Crippen molar-refractivity contribution in [2.24, 2.45) is 0 Å². The maximum Gasteiger partial charge on any atom is 0.335 e. The maximum absolute atomic E-state index is 11.5. The Labute approximate surface area is 165 Å². The van der Waals surface area contributed by atoms with Crippen molar-refractivity contribution >= 4 is 11.9 Å². The molecule has 2 saturated heterocycles. The molecule has 168 valence electrons. The largest absolute Gasteiger partial charge is 0.479 e. The van der Waals surface area contributed by atoms with Gasteiger partial charge in [-0.15, -0.1) is 0 Å². The Balaban J connectivity index is 2.23. The molecule has 0 radical (unpaired) electrons. The van der Waals surface area contributed by atoms with Crippen molar-refractivity contribution in [3.63, 3.8) is 0 Å². The van der Waals surface area contributed by atoms with E-state index in [2.05, 4.69) is 0 Å². The van der Waals surface area contributed by atoms with E-state index in [4.69, 9.17) is 23.7 Å². The van der Waals surface area contributed by atoms with E-state index >= 15 is 0 Å². The lowest BCUT2D eigenvalue weighted by Crippen LogP contribution is -2.66. The summed E-state index contributed by atoms with van der Waals surface area (Å²) in [6.45, 7) is 3.19. The molecule has 2 rings (SSSR count). The number of carboxylic acids is 2. The topological polar surface area (TPSA) is 202 Å². The van der Waals surface area contributed by atoms with Crippen LogP contribution in [-0.2, 0) is 33.3 Å². The fourth-order valence-corrected chi connectivity index (χ4v) is 3.17. The minimum atomic E-state index is -1.86. The first kappa shape index (κ1) is 23.9. The zero-order valence-corrected chi connectivity index (χ0v) is 15.7. The van der Waals surface area contributed by atoms with Gasteiger partial charge < -0.3 is 54.3 Å². The van der Waals surface area contributed by atoms with Crippen molar-refractivity contribution in [2.75, 3.05) is 13.2 Å². The number of carbonyl (C=O) groups is 2. The van der Waals surface area contributed by atoms with Gasteiger partial charge in [0.05, 0.1) is 0 Å². The van der Waals surface area contributed by atoms with Crippen LogP contribution in [0.25, 0.3) is 0 Å². The molecule has 0 saturated carbocycles. The molecule has 6 unspecified atom stereocenters. The molecule has 0 spiro atoms. The van der Waals surface area contributed by atoms with Crippen LogP contribution in [0.2, 0.25) is 0 Å². The molecule has 10 atom stereocenters. The van der Waals surface area contributed by atoms with E-state index in [1.807, 2.05) is 0 Å². The smallest absolute Gasteiger partial charge is 0.335 e. The van der Waals surface area contributed by atoms with Gasteiger partial charge in [-0.05, 0) is 13.8 Å². The highest BCUT2D eigenvalue weighted by Gasteiger charge is 2.54. The van der Waals surface area contributed by atoms with Gasteiger partial charge in [0.15, 0.2) is 24.8 Å². The fourth-order valence-electron chi connectivity index (χ4n) is 3.17. The van der Waals surface area contributed by atoms with Crippen molar-refractivity contribution in [3.8, 4) is 0 Å². The molecule has 0 aromatic carbocycles. The molecule has 13 heteroatoms. The second-order valence-corrected chi connectivity index (χ2v) is 6.46. The van der Waals surface area contributed by atoms with Crippen molar-refractivity contribution in [2.45, 2.75) is 75.3 Å². The van der Waals surface area contributed by atoms with E-state index < -0.39 is 73.4 Å². The molecule has 29 heavy (non-hydrogen) atoms. The molecular formula is C16H26O13. The standard InChI is InChI=1S/C16H26O13/c1-3-25-9-5(17)8(20)16(29-11(9)13(21)22)27-10-6(18)7(19)15(26-4-2)28-12(10)14(23)24/h5-12,15-20H,3-4H2,1-2H3,(H,21,22)(H,23,24)/t5?,6?,7?,8?,9-,10+,11?,12?,15-,16-/m1/s1. The molecule has 0 amide bonds. The quantitative estimate of drug-likeness (QED) is 0.228. The summed E-state index contributed by atoms with van der Waals surface area (Å²) in [5, 5.41) is 59.6. The molecule has 0 aliphatic carbocycles. The SMILES string of the molecule is CCO[C@@H]1OC(C(=O)O)[C@@H](O[C@@H]2OC(C(=O)O)[C@H](OCC)C(O)C2O)C(O)C1O. The third-order valence-corrected chi connectivity index (χ3v) is 4.56. The fraction of sp³-hybridized carbons (Fsp3) is 0.875. The Morgan fingerprint density at radius 2 is 1.17 bits per heavy atom. The predicted octanol–water partition coefficient (Wildman–Crippen LogP) is -3.12. The molecule has 13 nitrogen and oxygen atoms in total. The molecule has 0 aromatic heterocycles. The minimum Gasteiger partial charge on any atom is -0.479 e. The monoisotopic (exact) mass is 426 g/mol. The summed E-state index contributed by atoms with van der Waals surface area (Å²) in [5.74, 6) is -3.09. The van der Waals surface area contributed by atoms with E-state index in [9.17, 15) is 40.2 Å². The highest BCUT2D eigenvalue weighted by Crippen LogP contribution is 2.30. The summed E-state index contributed by atoms with van der Waals surface area (Å²) in [7, 11) is 0. The summed E-state index contributed by atoms with van der Waals surface area (Å²) >= 11 is 0. The van der Waals surface area contributed by atoms with Crippen LogP contribution in [0.1, 0.15) is 13.8 Å². The van der Waals surface area contributed by atoms with E-state index in [1.165, 1.54) is 0 Å². The van der Waals surface area contributed by atoms with Crippen LogP contribution >= 0.6 is 0 Å². The molecule has 2 heterocycles. The first-order valence-electron chi connectivity index (χ1n) is 9.01. The number of hydrogen-bond donors (Lipinski definition) is 6. The Bertz CT molecular complexity index is 571. The second-order valence-electron chi connectivity index (χ2n) is 6.46. The highest BCUT2D eigenvalue weighted by molar-refractivity contribution is 5.74. The third-order valence-electron chi connectivity index (χ3n) is 4.56. The summed E-state index contributed by atoms with van der Waals surface area (Å²) in [4.78, 5) is 23.0. The summed E-state index contributed by atoms with van der Waals surface area (Å²) < 4.78 is 25.7. The Morgan fingerprint density at radius 3 is 1.69 bits per heavy atom. The maximum atomic E-state index is 11.5. The van der Waals surface area contributed by atoms with Crippen molar-refractivity contribution < 1.29 is 63.9 Å². The van der Waals surface area contributed by atoms with Crippen LogP contribution in [0.3, 0.4) is 0 Å². The van der Waals surface area contributed by atoms with Gasteiger partial charge in [-0.3, -0.25) is 0 Å². The number of aliphatic carboxylic acids is 2. The molecular weight excluding hydrogens is 400 g/mol. The van der Waals surface area contributed by atoms with Crippen LogP contribution in [0.4, 0.5) is 0 Å². The number of carboxylic acid groups (broad SMARTS) is 2. The first-order chi connectivity index (χ1) is 13.6. The van der Waals surface area contributed by atoms with Gasteiger partial charge in [-0.2, -0.15) is 0 Å². The average molecular weight is 426 g/mol. The van der Waals surface area contributed by atoms with Gasteiger partial charge in [0.1, 0.15) is 36.6 Å². The van der Waals surface area contributed by atoms with Gasteiger partial charge in [0.25, 0.3) is 0 Å². The summed E-state index contributed by atoms with van der Waals surface area (Å²) in [6, 6.07) is 0. The van der Waals surface area contributed by atoms with Gasteiger partial charge in [0, 0.05) is 13.2 Å². The third kappa shape index (κ3) is 5.02. The number of hydrogen-bond acceptors (Lipinski definition) is 11. The van der Waals surface area contributed by atoms with Crippen LogP contribution in [0, 0.1) is 0 Å². The van der Waals surface area contributed by atoms with Gasteiger partial charge in [-0.25, -0.2) is 9.59 Å². The van der Waals surface area contributed by atoms with Crippen LogP contribution < -0.4 is 0 Å². The number of aliphatic hydroxyl groups is 4. The number of ether oxygens (including phenoxy) is 5.